The SMILES string of the molecule is CNc1ccc(C2CCC2)nn1. The summed E-state index contributed by atoms with van der Waals surface area (Å²) >= 11 is 0. The van der Waals surface area contributed by atoms with Crippen molar-refractivity contribution in [1.82, 2.24) is 10.2 Å². The van der Waals surface area contributed by atoms with Gasteiger partial charge in [-0.05, 0) is 25.0 Å². The molecule has 0 saturated heterocycles. The Morgan fingerprint density at radius 3 is 2.58 bits per heavy atom. The summed E-state index contributed by atoms with van der Waals surface area (Å²) in [6.07, 6.45) is 3.92. The number of nitrogens with zero attached hydrogens (tertiary/aromatic N) is 2. The van der Waals surface area contributed by atoms with Gasteiger partial charge >= 0.3 is 0 Å². The Morgan fingerprint density at radius 2 is 2.17 bits per heavy atom. The number of nitrogens with one attached hydrogen (secondary N) is 1. The minimum absolute atomic E-state index is 0.684. The fourth-order valence-corrected chi connectivity index (χ4v) is 1.40. The van der Waals surface area contributed by atoms with E-state index in [1.807, 2.05) is 13.1 Å². The van der Waals surface area contributed by atoms with Crippen molar-refractivity contribution in [3.63, 3.8) is 0 Å². The Labute approximate surface area is 72.2 Å². The van der Waals surface area contributed by atoms with Gasteiger partial charge < -0.3 is 5.32 Å². The van der Waals surface area contributed by atoms with Crippen LogP contribution in [-0.4, -0.2) is 17.2 Å². The molecule has 0 aliphatic heterocycles. The van der Waals surface area contributed by atoms with E-state index in [4.69, 9.17) is 0 Å². The summed E-state index contributed by atoms with van der Waals surface area (Å²) in [7, 11) is 1.85. The third kappa shape index (κ3) is 1.26. The predicted molar refractivity (Wildman–Crippen MR) is 48.2 cm³/mol. The van der Waals surface area contributed by atoms with Gasteiger partial charge in [-0.25, -0.2) is 0 Å². The number of hydrogen-bond donors (Lipinski definition) is 1. The van der Waals surface area contributed by atoms with Gasteiger partial charge in [0.05, 0.1) is 5.69 Å². The zero-order valence-electron chi connectivity index (χ0n) is 7.25. The van der Waals surface area contributed by atoms with Gasteiger partial charge in [-0.2, -0.15) is 5.10 Å². The van der Waals surface area contributed by atoms with Crippen LogP contribution in [0.25, 0.3) is 0 Å². The Hall–Kier alpha value is -1.12. The zero-order valence-corrected chi connectivity index (χ0v) is 7.25. The number of rotatable bonds is 2. The van der Waals surface area contributed by atoms with Crippen molar-refractivity contribution in [1.29, 1.82) is 0 Å². The van der Waals surface area contributed by atoms with Gasteiger partial charge in [0.2, 0.25) is 0 Å². The van der Waals surface area contributed by atoms with Crippen molar-refractivity contribution in [2.45, 2.75) is 25.2 Å². The lowest BCUT2D eigenvalue weighted by molar-refractivity contribution is 0.408. The molecule has 0 atom stereocenters. The third-order valence-electron chi connectivity index (χ3n) is 2.46. The van der Waals surface area contributed by atoms with E-state index in [2.05, 4.69) is 21.6 Å². The van der Waals surface area contributed by atoms with E-state index in [9.17, 15) is 0 Å². The minimum Gasteiger partial charge on any atom is -0.372 e. The fourth-order valence-electron chi connectivity index (χ4n) is 1.40. The van der Waals surface area contributed by atoms with E-state index < -0.39 is 0 Å². The molecule has 0 radical (unpaired) electrons. The van der Waals surface area contributed by atoms with Crippen molar-refractivity contribution >= 4 is 5.82 Å². The van der Waals surface area contributed by atoms with Gasteiger partial charge in [-0.3, -0.25) is 0 Å². The summed E-state index contributed by atoms with van der Waals surface area (Å²) in [6, 6.07) is 4.06. The van der Waals surface area contributed by atoms with Crippen LogP contribution in [0.1, 0.15) is 30.9 Å². The summed E-state index contributed by atoms with van der Waals surface area (Å²) in [5.74, 6) is 1.53. The molecule has 0 bridgehead atoms. The van der Waals surface area contributed by atoms with Crippen molar-refractivity contribution in [3.05, 3.63) is 17.8 Å². The Morgan fingerprint density at radius 1 is 1.33 bits per heavy atom. The molecule has 3 nitrogen and oxygen atoms in total. The highest BCUT2D eigenvalue weighted by atomic mass is 15.2. The first-order chi connectivity index (χ1) is 5.90. The smallest absolute Gasteiger partial charge is 0.148 e. The predicted octanol–water partition coefficient (Wildman–Crippen LogP) is 1.79. The van der Waals surface area contributed by atoms with Gasteiger partial charge in [-0.15, -0.1) is 5.10 Å². The van der Waals surface area contributed by atoms with Gasteiger partial charge in [0.15, 0.2) is 0 Å². The number of aromatic nitrogens is 2. The molecule has 0 spiro atoms. The van der Waals surface area contributed by atoms with Crippen LogP contribution in [0.4, 0.5) is 5.82 Å². The molecule has 1 aromatic heterocycles. The van der Waals surface area contributed by atoms with Crippen molar-refractivity contribution in [3.8, 4) is 0 Å². The van der Waals surface area contributed by atoms with Crippen LogP contribution in [-0.2, 0) is 0 Å². The summed E-state index contributed by atoms with van der Waals surface area (Å²) in [6.45, 7) is 0. The van der Waals surface area contributed by atoms with Crippen LogP contribution >= 0.6 is 0 Å². The van der Waals surface area contributed by atoms with E-state index in [0.717, 1.165) is 11.5 Å². The highest BCUT2D eigenvalue weighted by Crippen LogP contribution is 2.34. The minimum atomic E-state index is 0.684. The van der Waals surface area contributed by atoms with E-state index >= 15 is 0 Å². The maximum absolute atomic E-state index is 4.16. The molecule has 1 N–H and O–H groups in total. The van der Waals surface area contributed by atoms with Gasteiger partial charge in [0.1, 0.15) is 5.82 Å². The van der Waals surface area contributed by atoms with Crippen molar-refractivity contribution in [2.24, 2.45) is 0 Å². The van der Waals surface area contributed by atoms with Crippen molar-refractivity contribution in [2.75, 3.05) is 12.4 Å². The number of anilines is 1. The van der Waals surface area contributed by atoms with Crippen LogP contribution in [0.15, 0.2) is 12.1 Å². The van der Waals surface area contributed by atoms with Crippen LogP contribution in [0.5, 0.6) is 0 Å². The topological polar surface area (TPSA) is 37.8 Å². The molecule has 12 heavy (non-hydrogen) atoms. The summed E-state index contributed by atoms with van der Waals surface area (Å²) in [5, 5.41) is 11.2. The molecular weight excluding hydrogens is 150 g/mol. The highest BCUT2D eigenvalue weighted by Gasteiger charge is 2.20. The molecule has 1 aliphatic carbocycles. The molecule has 0 unspecified atom stereocenters. The Balaban J connectivity index is 2.13. The standard InChI is InChI=1S/C9H13N3/c1-10-9-6-5-8(11-12-9)7-3-2-4-7/h5-7H,2-4H2,1H3,(H,10,12). The first kappa shape index (κ1) is 7.53. The second kappa shape index (κ2) is 3.09. The fraction of sp³-hybridized carbons (Fsp3) is 0.556. The Kier molecular flexibility index (Phi) is 1.94. The lowest BCUT2D eigenvalue weighted by atomic mass is 9.83. The summed E-state index contributed by atoms with van der Waals surface area (Å²) < 4.78 is 0. The van der Waals surface area contributed by atoms with Gasteiger partial charge in [0, 0.05) is 13.0 Å². The molecule has 1 aliphatic rings. The molecule has 0 aromatic carbocycles. The maximum Gasteiger partial charge on any atom is 0.148 e. The number of hydrogen-bond acceptors (Lipinski definition) is 3. The lowest BCUT2D eigenvalue weighted by Crippen LogP contribution is -2.11. The van der Waals surface area contributed by atoms with E-state index in [1.54, 1.807) is 0 Å². The van der Waals surface area contributed by atoms with Crippen LogP contribution in [0, 0.1) is 0 Å². The third-order valence-corrected chi connectivity index (χ3v) is 2.46. The van der Waals surface area contributed by atoms with Gasteiger partial charge in [-0.1, -0.05) is 6.42 Å². The second-order valence-electron chi connectivity index (χ2n) is 3.22. The average molecular weight is 163 g/mol. The molecular formula is C9H13N3. The molecule has 1 aromatic rings. The molecule has 64 valence electrons. The quantitative estimate of drug-likeness (QED) is 0.722. The Bertz CT molecular complexity index is 251. The van der Waals surface area contributed by atoms with Crippen LogP contribution in [0.3, 0.4) is 0 Å². The zero-order chi connectivity index (χ0) is 8.39. The lowest BCUT2D eigenvalue weighted by Gasteiger charge is -2.23. The molecule has 1 heterocycles. The summed E-state index contributed by atoms with van der Waals surface area (Å²) in [5.41, 5.74) is 1.15. The normalized spacial score (nSPS) is 17.1. The molecule has 0 amide bonds. The highest BCUT2D eigenvalue weighted by molar-refractivity contribution is 5.32. The summed E-state index contributed by atoms with van der Waals surface area (Å²) in [4.78, 5) is 0. The van der Waals surface area contributed by atoms with Crippen molar-refractivity contribution < 1.29 is 0 Å². The van der Waals surface area contributed by atoms with E-state index in [1.165, 1.54) is 19.3 Å². The van der Waals surface area contributed by atoms with E-state index in [0.29, 0.717) is 5.92 Å². The maximum atomic E-state index is 4.16. The van der Waals surface area contributed by atoms with Crippen LogP contribution < -0.4 is 5.32 Å². The van der Waals surface area contributed by atoms with Gasteiger partial charge in [0.25, 0.3) is 0 Å². The first-order valence-electron chi connectivity index (χ1n) is 4.41. The van der Waals surface area contributed by atoms with E-state index in [-0.39, 0.29) is 0 Å². The second-order valence-corrected chi connectivity index (χ2v) is 3.22. The molecule has 3 heteroatoms. The monoisotopic (exact) mass is 163 g/mol. The molecule has 2 rings (SSSR count). The largest absolute Gasteiger partial charge is 0.372 e. The molecule has 1 fully saturated rings. The first-order valence-corrected chi connectivity index (χ1v) is 4.41. The molecule has 1 saturated carbocycles. The van der Waals surface area contributed by atoms with Crippen LogP contribution in [0.2, 0.25) is 0 Å². The average Bonchev–Trinajstić information content (AvgIpc) is 2.03.